The van der Waals surface area contributed by atoms with Crippen molar-refractivity contribution in [3.63, 3.8) is 0 Å². The standard InChI is InChI=1S/C14H17N3O2/c1-10-4-2-3-5-11(10)12-16-13(19-17-12)14(15)6-8-18-9-7-14/h2-5H,6-9,15H2,1H3. The number of hydrogen-bond acceptors (Lipinski definition) is 5. The molecule has 5 nitrogen and oxygen atoms in total. The van der Waals surface area contributed by atoms with Gasteiger partial charge in [-0.15, -0.1) is 0 Å². The Bertz CT molecular complexity index is 574. The monoisotopic (exact) mass is 259 g/mol. The van der Waals surface area contributed by atoms with Crippen LogP contribution in [0.1, 0.15) is 24.3 Å². The number of ether oxygens (including phenoxy) is 1. The maximum Gasteiger partial charge on any atom is 0.247 e. The van der Waals surface area contributed by atoms with E-state index in [1.165, 1.54) is 0 Å². The molecule has 1 aliphatic rings. The van der Waals surface area contributed by atoms with Crippen LogP contribution in [0.15, 0.2) is 28.8 Å². The van der Waals surface area contributed by atoms with Crippen molar-refractivity contribution in [1.82, 2.24) is 10.1 Å². The lowest BCUT2D eigenvalue weighted by Gasteiger charge is -2.29. The topological polar surface area (TPSA) is 74.2 Å². The number of benzene rings is 1. The van der Waals surface area contributed by atoms with Crippen LogP contribution in [0.4, 0.5) is 0 Å². The molecule has 0 saturated carbocycles. The summed E-state index contributed by atoms with van der Waals surface area (Å²) in [5.41, 5.74) is 7.88. The first-order valence-corrected chi connectivity index (χ1v) is 6.46. The van der Waals surface area contributed by atoms with Crippen molar-refractivity contribution in [3.05, 3.63) is 35.7 Å². The SMILES string of the molecule is Cc1ccccc1-c1noc(C2(N)CCOCC2)n1. The van der Waals surface area contributed by atoms with Gasteiger partial charge in [-0.25, -0.2) is 0 Å². The van der Waals surface area contributed by atoms with E-state index in [2.05, 4.69) is 10.1 Å². The molecule has 5 heteroatoms. The van der Waals surface area contributed by atoms with Gasteiger partial charge in [0.2, 0.25) is 11.7 Å². The molecule has 19 heavy (non-hydrogen) atoms. The van der Waals surface area contributed by atoms with Crippen LogP contribution < -0.4 is 5.73 Å². The summed E-state index contributed by atoms with van der Waals surface area (Å²) in [7, 11) is 0. The fraction of sp³-hybridized carbons (Fsp3) is 0.429. The average Bonchev–Trinajstić information content (AvgIpc) is 2.90. The summed E-state index contributed by atoms with van der Waals surface area (Å²) in [5, 5.41) is 4.06. The molecule has 0 unspecified atom stereocenters. The summed E-state index contributed by atoms with van der Waals surface area (Å²) in [6, 6.07) is 7.96. The fourth-order valence-corrected chi connectivity index (χ4v) is 2.31. The maximum absolute atomic E-state index is 6.33. The van der Waals surface area contributed by atoms with E-state index in [9.17, 15) is 0 Å². The van der Waals surface area contributed by atoms with Crippen LogP contribution in [0.25, 0.3) is 11.4 Å². The Labute approximate surface area is 111 Å². The molecule has 1 aromatic heterocycles. The Hall–Kier alpha value is -1.72. The molecule has 0 aliphatic carbocycles. The maximum atomic E-state index is 6.33. The van der Waals surface area contributed by atoms with Crippen LogP contribution in [0.5, 0.6) is 0 Å². The van der Waals surface area contributed by atoms with Crippen molar-refractivity contribution in [2.24, 2.45) is 5.73 Å². The zero-order valence-electron chi connectivity index (χ0n) is 10.9. The number of hydrogen-bond donors (Lipinski definition) is 1. The predicted octanol–water partition coefficient (Wildman–Crippen LogP) is 2.01. The minimum absolute atomic E-state index is 0.508. The Morgan fingerprint density at radius 1 is 1.21 bits per heavy atom. The lowest BCUT2D eigenvalue weighted by atomic mass is 9.91. The van der Waals surface area contributed by atoms with E-state index in [1.807, 2.05) is 31.2 Å². The number of rotatable bonds is 2. The second kappa shape index (κ2) is 4.75. The summed E-state index contributed by atoms with van der Waals surface area (Å²) >= 11 is 0. The second-order valence-electron chi connectivity index (χ2n) is 5.01. The second-order valence-corrected chi connectivity index (χ2v) is 5.01. The van der Waals surface area contributed by atoms with Crippen molar-refractivity contribution in [2.75, 3.05) is 13.2 Å². The minimum atomic E-state index is -0.549. The van der Waals surface area contributed by atoms with E-state index >= 15 is 0 Å². The van der Waals surface area contributed by atoms with Gasteiger partial charge in [0.1, 0.15) is 5.54 Å². The van der Waals surface area contributed by atoms with Gasteiger partial charge in [0, 0.05) is 18.8 Å². The van der Waals surface area contributed by atoms with Crippen LogP contribution in [0.3, 0.4) is 0 Å². The van der Waals surface area contributed by atoms with Crippen LogP contribution in [0.2, 0.25) is 0 Å². The van der Waals surface area contributed by atoms with E-state index in [1.54, 1.807) is 0 Å². The molecule has 2 aromatic rings. The smallest absolute Gasteiger partial charge is 0.247 e. The molecule has 0 radical (unpaired) electrons. The van der Waals surface area contributed by atoms with Crippen molar-refractivity contribution >= 4 is 0 Å². The number of aryl methyl sites for hydroxylation is 1. The zero-order valence-corrected chi connectivity index (χ0v) is 10.9. The predicted molar refractivity (Wildman–Crippen MR) is 70.4 cm³/mol. The van der Waals surface area contributed by atoms with E-state index in [4.69, 9.17) is 15.0 Å². The highest BCUT2D eigenvalue weighted by molar-refractivity contribution is 5.59. The lowest BCUT2D eigenvalue weighted by Crippen LogP contribution is -2.42. The van der Waals surface area contributed by atoms with Crippen molar-refractivity contribution in [3.8, 4) is 11.4 Å². The molecular weight excluding hydrogens is 242 g/mol. The third kappa shape index (κ3) is 2.27. The molecule has 3 rings (SSSR count). The largest absolute Gasteiger partial charge is 0.381 e. The summed E-state index contributed by atoms with van der Waals surface area (Å²) in [5.74, 6) is 1.11. The molecular formula is C14H17N3O2. The van der Waals surface area contributed by atoms with Crippen LogP contribution in [-0.4, -0.2) is 23.4 Å². The molecule has 0 bridgehead atoms. The van der Waals surface area contributed by atoms with Gasteiger partial charge in [-0.1, -0.05) is 29.4 Å². The summed E-state index contributed by atoms with van der Waals surface area (Å²) in [6.45, 7) is 3.30. The van der Waals surface area contributed by atoms with Crippen LogP contribution in [0, 0.1) is 6.92 Å². The highest BCUT2D eigenvalue weighted by Crippen LogP contribution is 2.30. The third-order valence-corrected chi connectivity index (χ3v) is 3.62. The Kier molecular flexibility index (Phi) is 3.08. The van der Waals surface area contributed by atoms with Gasteiger partial charge >= 0.3 is 0 Å². The van der Waals surface area contributed by atoms with Gasteiger partial charge in [-0.05, 0) is 25.3 Å². The summed E-state index contributed by atoms with van der Waals surface area (Å²) in [6.07, 6.45) is 1.42. The van der Waals surface area contributed by atoms with Gasteiger partial charge in [-0.3, -0.25) is 0 Å². The Morgan fingerprint density at radius 2 is 1.95 bits per heavy atom. The van der Waals surface area contributed by atoms with Crippen LogP contribution in [-0.2, 0) is 10.3 Å². The van der Waals surface area contributed by atoms with E-state index in [0.29, 0.717) is 37.8 Å². The minimum Gasteiger partial charge on any atom is -0.381 e. The van der Waals surface area contributed by atoms with Gasteiger partial charge in [0.05, 0.1) is 0 Å². The highest BCUT2D eigenvalue weighted by atomic mass is 16.5. The quantitative estimate of drug-likeness (QED) is 0.893. The van der Waals surface area contributed by atoms with Crippen LogP contribution >= 0.6 is 0 Å². The highest BCUT2D eigenvalue weighted by Gasteiger charge is 2.35. The molecule has 100 valence electrons. The number of aromatic nitrogens is 2. The zero-order chi connectivity index (χ0) is 13.3. The first-order valence-electron chi connectivity index (χ1n) is 6.46. The van der Waals surface area contributed by atoms with Gasteiger partial charge in [0.15, 0.2) is 0 Å². The van der Waals surface area contributed by atoms with E-state index in [-0.39, 0.29) is 0 Å². The molecule has 1 fully saturated rings. The Morgan fingerprint density at radius 3 is 2.68 bits per heavy atom. The molecule has 0 atom stereocenters. The van der Waals surface area contributed by atoms with Crippen molar-refractivity contribution in [2.45, 2.75) is 25.3 Å². The lowest BCUT2D eigenvalue weighted by molar-refractivity contribution is 0.0400. The molecule has 0 amide bonds. The molecule has 1 aliphatic heterocycles. The Balaban J connectivity index is 1.93. The molecule has 1 aromatic carbocycles. The van der Waals surface area contributed by atoms with E-state index in [0.717, 1.165) is 11.1 Å². The van der Waals surface area contributed by atoms with Crippen molar-refractivity contribution < 1.29 is 9.26 Å². The third-order valence-electron chi connectivity index (χ3n) is 3.62. The molecule has 0 spiro atoms. The first-order chi connectivity index (χ1) is 9.19. The van der Waals surface area contributed by atoms with Gasteiger partial charge in [0.25, 0.3) is 0 Å². The fourth-order valence-electron chi connectivity index (χ4n) is 2.31. The van der Waals surface area contributed by atoms with Crippen molar-refractivity contribution in [1.29, 1.82) is 0 Å². The first kappa shape index (κ1) is 12.3. The van der Waals surface area contributed by atoms with Gasteiger partial charge < -0.3 is 15.0 Å². The summed E-state index contributed by atoms with van der Waals surface area (Å²) in [4.78, 5) is 4.48. The number of nitrogens with zero attached hydrogens (tertiary/aromatic N) is 2. The average molecular weight is 259 g/mol. The molecule has 1 saturated heterocycles. The summed E-state index contributed by atoms with van der Waals surface area (Å²) < 4.78 is 10.7. The molecule has 2 heterocycles. The van der Waals surface area contributed by atoms with Gasteiger partial charge in [-0.2, -0.15) is 4.98 Å². The van der Waals surface area contributed by atoms with E-state index < -0.39 is 5.54 Å². The normalized spacial score (nSPS) is 18.4. The molecule has 2 N–H and O–H groups in total. The number of nitrogens with two attached hydrogens (primary N) is 1.